The van der Waals surface area contributed by atoms with Gasteiger partial charge in [0, 0.05) is 10.9 Å². The molecule has 0 atom stereocenters. The Hall–Kier alpha value is -4.24. The molecule has 0 bridgehead atoms. The number of aromatic nitrogens is 1. The molecule has 3 aromatic carbocycles. The molecule has 0 unspecified atom stereocenters. The van der Waals surface area contributed by atoms with Crippen molar-refractivity contribution in [3.05, 3.63) is 97.6 Å². The molecule has 0 aliphatic carbocycles. The maximum absolute atomic E-state index is 11.7. The molecule has 1 aliphatic rings. The van der Waals surface area contributed by atoms with Gasteiger partial charge in [0.2, 0.25) is 11.6 Å². The van der Waals surface area contributed by atoms with Crippen LogP contribution in [0.2, 0.25) is 0 Å². The fourth-order valence-corrected chi connectivity index (χ4v) is 4.33. The van der Waals surface area contributed by atoms with E-state index in [9.17, 15) is 10.1 Å². The van der Waals surface area contributed by atoms with Gasteiger partial charge in [-0.2, -0.15) is 5.10 Å². The van der Waals surface area contributed by atoms with Crippen LogP contribution in [-0.4, -0.2) is 22.6 Å². The van der Waals surface area contributed by atoms with Crippen LogP contribution in [-0.2, 0) is 0 Å². The van der Waals surface area contributed by atoms with Crippen molar-refractivity contribution in [2.75, 3.05) is 6.79 Å². The number of ether oxygens (including phenoxy) is 2. The zero-order chi connectivity index (χ0) is 23.7. The predicted octanol–water partition coefficient (Wildman–Crippen LogP) is 5.58. The molecule has 2 heterocycles. The smallest absolute Gasteiger partial charge is 0.282 e. The van der Waals surface area contributed by atoms with Gasteiger partial charge in [0.1, 0.15) is 0 Å². The van der Waals surface area contributed by atoms with Crippen LogP contribution in [0, 0.1) is 24.0 Å². The zero-order valence-electron chi connectivity index (χ0n) is 18.5. The number of thiazole rings is 1. The van der Waals surface area contributed by atoms with Crippen LogP contribution in [0.25, 0.3) is 11.3 Å². The van der Waals surface area contributed by atoms with E-state index in [0.717, 1.165) is 28.1 Å². The van der Waals surface area contributed by atoms with Gasteiger partial charge in [-0.3, -0.25) is 10.1 Å². The van der Waals surface area contributed by atoms with Crippen LogP contribution >= 0.6 is 11.3 Å². The summed E-state index contributed by atoms with van der Waals surface area (Å²) < 4.78 is 12.4. The minimum absolute atomic E-state index is 0.0313. The average molecular weight is 473 g/mol. The highest BCUT2D eigenvalue weighted by molar-refractivity contribution is 7.07. The first-order valence-corrected chi connectivity index (χ1v) is 11.4. The second kappa shape index (κ2) is 8.95. The number of nitrogens with zero attached hydrogens (tertiary/aromatic N) is 4. The highest BCUT2D eigenvalue weighted by Crippen LogP contribution is 2.37. The van der Waals surface area contributed by atoms with E-state index in [1.807, 2.05) is 67.8 Å². The zero-order valence-corrected chi connectivity index (χ0v) is 19.3. The minimum Gasteiger partial charge on any atom is -0.454 e. The molecule has 9 heteroatoms. The summed E-state index contributed by atoms with van der Waals surface area (Å²) >= 11 is 1.44. The molecule has 0 fully saturated rings. The normalized spacial score (nSPS) is 13.1. The average Bonchev–Trinajstić information content (AvgIpc) is 3.45. The van der Waals surface area contributed by atoms with Crippen LogP contribution in [0.15, 0.2) is 76.1 Å². The van der Waals surface area contributed by atoms with Crippen molar-refractivity contribution in [1.29, 1.82) is 0 Å². The summed E-state index contributed by atoms with van der Waals surface area (Å²) in [6, 6.07) is 18.9. The summed E-state index contributed by atoms with van der Waals surface area (Å²) in [5, 5.41) is 18.3. The van der Waals surface area contributed by atoms with E-state index in [1.165, 1.54) is 23.6 Å². The van der Waals surface area contributed by atoms with Crippen molar-refractivity contribution in [3.8, 4) is 22.8 Å². The monoisotopic (exact) mass is 472 g/mol. The molecule has 0 radical (unpaired) electrons. The number of nitro benzene ring substituents is 1. The summed E-state index contributed by atoms with van der Waals surface area (Å²) in [6.07, 6.45) is 1.46. The Bertz CT molecular complexity index is 1470. The van der Waals surface area contributed by atoms with Crippen molar-refractivity contribution in [2.24, 2.45) is 10.1 Å². The Balaban J connectivity index is 1.64. The topological polar surface area (TPSA) is 91.2 Å². The summed E-state index contributed by atoms with van der Waals surface area (Å²) in [5.74, 6) is 0.799. The second-order valence-corrected chi connectivity index (χ2v) is 8.63. The molecule has 0 spiro atoms. The third kappa shape index (κ3) is 4.33. The fourth-order valence-electron chi connectivity index (χ4n) is 3.47. The Morgan fingerprint density at radius 2 is 1.65 bits per heavy atom. The summed E-state index contributed by atoms with van der Waals surface area (Å²) in [7, 11) is 0. The lowest BCUT2D eigenvalue weighted by molar-refractivity contribution is -0.385. The van der Waals surface area contributed by atoms with Gasteiger partial charge in [-0.25, -0.2) is 9.67 Å². The number of nitro groups is 1. The van der Waals surface area contributed by atoms with Gasteiger partial charge in [-0.1, -0.05) is 47.5 Å². The molecule has 1 aliphatic heterocycles. The summed E-state index contributed by atoms with van der Waals surface area (Å²) in [6.45, 7) is 4.08. The van der Waals surface area contributed by atoms with E-state index in [2.05, 4.69) is 5.10 Å². The third-order valence-corrected chi connectivity index (χ3v) is 6.14. The fraction of sp³-hybridized carbons (Fsp3) is 0.120. The lowest BCUT2D eigenvalue weighted by atomic mass is 10.1. The van der Waals surface area contributed by atoms with Gasteiger partial charge < -0.3 is 9.47 Å². The standard InChI is InChI=1S/C25H20N4O4S/c1-16-3-7-18(8-4-16)22-14-34-25(27-20-9-5-17(2)6-10-20)28(22)26-13-19-11-23-24(33-15-32-23)12-21(19)29(30)31/h3-14H,15H2,1-2H3. The molecule has 0 amide bonds. The van der Waals surface area contributed by atoms with Crippen molar-refractivity contribution >= 4 is 28.9 Å². The first kappa shape index (κ1) is 21.6. The minimum atomic E-state index is -0.458. The van der Waals surface area contributed by atoms with Gasteiger partial charge in [0.15, 0.2) is 11.5 Å². The Labute approximate surface area is 199 Å². The maximum atomic E-state index is 11.7. The lowest BCUT2D eigenvalue weighted by Crippen LogP contribution is -2.11. The van der Waals surface area contributed by atoms with E-state index in [0.29, 0.717) is 21.9 Å². The largest absolute Gasteiger partial charge is 0.454 e. The summed E-state index contributed by atoms with van der Waals surface area (Å²) in [5.41, 5.74) is 5.07. The number of hydrogen-bond donors (Lipinski definition) is 0. The first-order chi connectivity index (χ1) is 16.5. The lowest BCUT2D eigenvalue weighted by Gasteiger charge is -2.05. The van der Waals surface area contributed by atoms with Crippen molar-refractivity contribution < 1.29 is 14.4 Å². The second-order valence-electron chi connectivity index (χ2n) is 7.79. The van der Waals surface area contributed by atoms with Crippen molar-refractivity contribution in [1.82, 2.24) is 4.68 Å². The number of hydrogen-bond acceptors (Lipinski definition) is 7. The number of fused-ring (bicyclic) bond motifs is 1. The molecule has 4 aromatic rings. The number of benzene rings is 3. The Morgan fingerprint density at radius 3 is 2.32 bits per heavy atom. The van der Waals surface area contributed by atoms with Crippen LogP contribution in [0.1, 0.15) is 16.7 Å². The van der Waals surface area contributed by atoms with Gasteiger partial charge in [-0.15, -0.1) is 11.3 Å². The quantitative estimate of drug-likeness (QED) is 0.215. The maximum Gasteiger partial charge on any atom is 0.282 e. The van der Waals surface area contributed by atoms with Crippen LogP contribution < -0.4 is 14.3 Å². The Kier molecular flexibility index (Phi) is 5.69. The van der Waals surface area contributed by atoms with E-state index in [1.54, 1.807) is 10.7 Å². The SMILES string of the molecule is Cc1ccc(N=c2scc(-c3ccc(C)cc3)n2N=Cc2cc3c(cc2[N+](=O)[O-])OCO3)cc1. The van der Waals surface area contributed by atoms with E-state index in [-0.39, 0.29) is 12.5 Å². The molecule has 34 heavy (non-hydrogen) atoms. The van der Waals surface area contributed by atoms with Gasteiger partial charge in [-0.05, 0) is 32.0 Å². The van der Waals surface area contributed by atoms with Crippen molar-refractivity contribution in [2.45, 2.75) is 13.8 Å². The van der Waals surface area contributed by atoms with E-state index >= 15 is 0 Å². The number of aryl methyl sites for hydroxylation is 2. The first-order valence-electron chi connectivity index (χ1n) is 10.5. The molecular formula is C25H20N4O4S. The summed E-state index contributed by atoms with van der Waals surface area (Å²) in [4.78, 5) is 16.6. The van der Waals surface area contributed by atoms with Gasteiger partial charge in [0.05, 0.1) is 34.1 Å². The van der Waals surface area contributed by atoms with E-state index in [4.69, 9.17) is 14.5 Å². The molecule has 8 nitrogen and oxygen atoms in total. The Morgan fingerprint density at radius 1 is 1.00 bits per heavy atom. The van der Waals surface area contributed by atoms with Crippen molar-refractivity contribution in [3.63, 3.8) is 0 Å². The van der Waals surface area contributed by atoms with Crippen LogP contribution in [0.5, 0.6) is 11.5 Å². The molecule has 170 valence electrons. The van der Waals surface area contributed by atoms with Gasteiger partial charge >= 0.3 is 0 Å². The van der Waals surface area contributed by atoms with Crippen LogP contribution in [0.3, 0.4) is 0 Å². The molecular weight excluding hydrogens is 452 g/mol. The highest BCUT2D eigenvalue weighted by Gasteiger charge is 2.22. The predicted molar refractivity (Wildman–Crippen MR) is 131 cm³/mol. The molecule has 0 saturated carbocycles. The molecule has 5 rings (SSSR count). The molecule has 1 aromatic heterocycles. The number of rotatable bonds is 5. The van der Waals surface area contributed by atoms with Gasteiger partial charge in [0.25, 0.3) is 5.69 Å². The van der Waals surface area contributed by atoms with E-state index < -0.39 is 4.92 Å². The molecule has 0 saturated heterocycles. The highest BCUT2D eigenvalue weighted by atomic mass is 32.1. The third-order valence-electron chi connectivity index (χ3n) is 5.32. The van der Waals surface area contributed by atoms with Crippen LogP contribution in [0.4, 0.5) is 11.4 Å². The molecule has 0 N–H and O–H groups in total.